The summed E-state index contributed by atoms with van der Waals surface area (Å²) in [7, 11) is 0. The maximum atomic E-state index is 12.0. The van der Waals surface area contributed by atoms with E-state index in [-0.39, 0.29) is 12.0 Å². The number of likely N-dealkylation sites (tertiary alicyclic amines) is 1. The Morgan fingerprint density at radius 3 is 2.52 bits per heavy atom. The molecule has 0 radical (unpaired) electrons. The van der Waals surface area contributed by atoms with Crippen LogP contribution in [0.5, 0.6) is 0 Å². The van der Waals surface area contributed by atoms with Crippen LogP contribution in [0.4, 0.5) is 0 Å². The van der Waals surface area contributed by atoms with Crippen molar-refractivity contribution in [3.63, 3.8) is 0 Å². The Hall–Kier alpha value is -0.610. The minimum absolute atomic E-state index is 0.0950. The Morgan fingerprint density at radius 1 is 1.29 bits per heavy atom. The lowest BCUT2D eigenvalue weighted by Gasteiger charge is -2.27. The molecule has 0 spiro atoms. The first-order chi connectivity index (χ1) is 10.1. The van der Waals surface area contributed by atoms with Gasteiger partial charge in [-0.15, -0.1) is 0 Å². The Kier molecular flexibility index (Phi) is 8.27. The molecule has 1 atom stereocenters. The van der Waals surface area contributed by atoms with Gasteiger partial charge in [-0.2, -0.15) is 0 Å². The van der Waals surface area contributed by atoms with Crippen molar-refractivity contribution in [2.45, 2.75) is 65.8 Å². The molecule has 21 heavy (non-hydrogen) atoms. The normalized spacial score (nSPS) is 19.6. The summed E-state index contributed by atoms with van der Waals surface area (Å²) in [6.07, 6.45) is 5.70. The van der Waals surface area contributed by atoms with Gasteiger partial charge in [-0.3, -0.25) is 4.79 Å². The zero-order valence-corrected chi connectivity index (χ0v) is 14.4. The molecule has 1 saturated heterocycles. The Morgan fingerprint density at radius 2 is 2.00 bits per heavy atom. The molecule has 0 aromatic rings. The number of hydrogen-bond donors (Lipinski definition) is 1. The fourth-order valence-corrected chi connectivity index (χ4v) is 3.22. The predicted molar refractivity (Wildman–Crippen MR) is 87.4 cm³/mol. The lowest BCUT2D eigenvalue weighted by molar-refractivity contribution is -0.145. The number of carbonyl (C=O) groups excluding carboxylic acids is 1. The van der Waals surface area contributed by atoms with E-state index in [1.807, 2.05) is 6.92 Å². The molecule has 1 heterocycles. The van der Waals surface area contributed by atoms with Gasteiger partial charge in [0.15, 0.2) is 0 Å². The third-order valence-corrected chi connectivity index (χ3v) is 4.96. The summed E-state index contributed by atoms with van der Waals surface area (Å²) in [5, 5.41) is 3.33. The molecule has 0 saturated carbocycles. The summed E-state index contributed by atoms with van der Waals surface area (Å²) in [4.78, 5) is 14.5. The molecular formula is C17H34N2O2. The number of nitrogens with one attached hydrogen (secondary N) is 1. The van der Waals surface area contributed by atoms with Crippen LogP contribution in [0.25, 0.3) is 0 Å². The van der Waals surface area contributed by atoms with E-state index in [4.69, 9.17) is 4.74 Å². The number of nitrogens with zero attached hydrogens (tertiary/aromatic N) is 1. The van der Waals surface area contributed by atoms with E-state index < -0.39 is 0 Å². The van der Waals surface area contributed by atoms with Gasteiger partial charge in [-0.05, 0) is 57.5 Å². The molecule has 0 bridgehead atoms. The summed E-state index contributed by atoms with van der Waals surface area (Å²) in [5.41, 5.74) is 0.510. The maximum Gasteiger partial charge on any atom is 0.323 e. The molecule has 1 N–H and O–H groups in total. The molecule has 124 valence electrons. The van der Waals surface area contributed by atoms with Gasteiger partial charge in [-0.25, -0.2) is 0 Å². The first kappa shape index (κ1) is 18.4. The molecule has 0 aliphatic carbocycles. The van der Waals surface area contributed by atoms with Crippen molar-refractivity contribution < 1.29 is 9.53 Å². The number of esters is 1. The van der Waals surface area contributed by atoms with E-state index in [0.717, 1.165) is 25.9 Å². The monoisotopic (exact) mass is 298 g/mol. The SMILES string of the molecule is CCCNC(CCN1CCC(CC)(CC)C1)C(=O)OCC. The number of hydrogen-bond acceptors (Lipinski definition) is 4. The standard InChI is InChI=1S/C17H34N2O2/c1-5-11-18-15(16(20)21-8-4)9-12-19-13-10-17(6-2,7-3)14-19/h15,18H,5-14H2,1-4H3. The first-order valence-corrected chi connectivity index (χ1v) is 8.73. The van der Waals surface area contributed by atoms with Gasteiger partial charge in [0.25, 0.3) is 0 Å². The predicted octanol–water partition coefficient (Wildman–Crippen LogP) is 2.82. The van der Waals surface area contributed by atoms with Crippen LogP contribution >= 0.6 is 0 Å². The van der Waals surface area contributed by atoms with E-state index in [1.165, 1.54) is 32.4 Å². The van der Waals surface area contributed by atoms with E-state index in [0.29, 0.717) is 12.0 Å². The molecule has 1 unspecified atom stereocenters. The first-order valence-electron chi connectivity index (χ1n) is 8.73. The second kappa shape index (κ2) is 9.42. The molecule has 1 rings (SSSR count). The summed E-state index contributed by atoms with van der Waals surface area (Å²) in [6.45, 7) is 13.3. The van der Waals surface area contributed by atoms with Crippen LogP contribution in [-0.4, -0.2) is 49.7 Å². The van der Waals surface area contributed by atoms with E-state index in [9.17, 15) is 4.79 Å². The van der Waals surface area contributed by atoms with Crippen molar-refractivity contribution >= 4 is 5.97 Å². The van der Waals surface area contributed by atoms with E-state index in [1.54, 1.807) is 0 Å². The van der Waals surface area contributed by atoms with Crippen molar-refractivity contribution in [2.24, 2.45) is 5.41 Å². The molecule has 4 heteroatoms. The van der Waals surface area contributed by atoms with Crippen molar-refractivity contribution in [1.29, 1.82) is 0 Å². The lowest BCUT2D eigenvalue weighted by Crippen LogP contribution is -2.41. The largest absolute Gasteiger partial charge is 0.465 e. The highest BCUT2D eigenvalue weighted by Gasteiger charge is 2.35. The third-order valence-electron chi connectivity index (χ3n) is 4.96. The quantitative estimate of drug-likeness (QED) is 0.630. The minimum atomic E-state index is -0.150. The third kappa shape index (κ3) is 5.59. The molecule has 1 aliphatic rings. The van der Waals surface area contributed by atoms with Gasteiger partial charge < -0.3 is 15.0 Å². The van der Waals surface area contributed by atoms with Crippen LogP contribution in [0.15, 0.2) is 0 Å². The van der Waals surface area contributed by atoms with Crippen molar-refractivity contribution in [2.75, 3.05) is 32.8 Å². The van der Waals surface area contributed by atoms with Crippen molar-refractivity contribution in [1.82, 2.24) is 10.2 Å². The smallest absolute Gasteiger partial charge is 0.323 e. The topological polar surface area (TPSA) is 41.6 Å². The van der Waals surface area contributed by atoms with Crippen LogP contribution < -0.4 is 5.32 Å². The van der Waals surface area contributed by atoms with Gasteiger partial charge in [0.1, 0.15) is 6.04 Å². The zero-order chi connectivity index (χ0) is 15.7. The molecule has 1 aliphatic heterocycles. The highest BCUT2D eigenvalue weighted by molar-refractivity contribution is 5.75. The van der Waals surface area contributed by atoms with Crippen molar-refractivity contribution in [3.8, 4) is 0 Å². The van der Waals surface area contributed by atoms with Crippen LogP contribution in [-0.2, 0) is 9.53 Å². The van der Waals surface area contributed by atoms with E-state index >= 15 is 0 Å². The van der Waals surface area contributed by atoms with E-state index in [2.05, 4.69) is 31.0 Å². The number of ether oxygens (including phenoxy) is 1. The second-order valence-electron chi connectivity index (χ2n) is 6.28. The minimum Gasteiger partial charge on any atom is -0.465 e. The molecule has 4 nitrogen and oxygen atoms in total. The molecule has 0 amide bonds. The molecule has 0 aromatic carbocycles. The van der Waals surface area contributed by atoms with Gasteiger partial charge in [0, 0.05) is 13.1 Å². The fourth-order valence-electron chi connectivity index (χ4n) is 3.22. The molecule has 0 aromatic heterocycles. The summed E-state index contributed by atoms with van der Waals surface area (Å²) in [5.74, 6) is -0.0950. The molecular weight excluding hydrogens is 264 g/mol. The zero-order valence-electron chi connectivity index (χ0n) is 14.4. The summed E-state index contributed by atoms with van der Waals surface area (Å²) < 4.78 is 5.18. The maximum absolute atomic E-state index is 12.0. The fraction of sp³-hybridized carbons (Fsp3) is 0.941. The number of rotatable bonds is 10. The highest BCUT2D eigenvalue weighted by Crippen LogP contribution is 2.36. The average molecular weight is 298 g/mol. The second-order valence-corrected chi connectivity index (χ2v) is 6.28. The van der Waals surface area contributed by atoms with Crippen LogP contribution in [0.1, 0.15) is 59.8 Å². The molecule has 1 fully saturated rings. The Bertz CT molecular complexity index is 303. The highest BCUT2D eigenvalue weighted by atomic mass is 16.5. The average Bonchev–Trinajstić information content (AvgIpc) is 2.92. The van der Waals surface area contributed by atoms with Gasteiger partial charge in [-0.1, -0.05) is 20.8 Å². The van der Waals surface area contributed by atoms with Crippen molar-refractivity contribution in [3.05, 3.63) is 0 Å². The summed E-state index contributed by atoms with van der Waals surface area (Å²) >= 11 is 0. The van der Waals surface area contributed by atoms with Gasteiger partial charge in [0.05, 0.1) is 6.61 Å². The number of carbonyl (C=O) groups is 1. The van der Waals surface area contributed by atoms with Crippen LogP contribution in [0.2, 0.25) is 0 Å². The Labute approximate surface area is 130 Å². The van der Waals surface area contributed by atoms with Gasteiger partial charge in [0.2, 0.25) is 0 Å². The summed E-state index contributed by atoms with van der Waals surface area (Å²) in [6, 6.07) is -0.150. The lowest BCUT2D eigenvalue weighted by atomic mass is 9.82. The van der Waals surface area contributed by atoms with Crippen LogP contribution in [0.3, 0.4) is 0 Å². The van der Waals surface area contributed by atoms with Gasteiger partial charge >= 0.3 is 5.97 Å². The van der Waals surface area contributed by atoms with Crippen LogP contribution in [0, 0.1) is 5.41 Å². The Balaban J connectivity index is 2.44.